The number of carboxylic acid groups (broad SMARTS) is 1. The average Bonchev–Trinajstić information content (AvgIpc) is 2.83. The number of anilines is 1. The number of nitrogens with zero attached hydrogens (tertiary/aromatic N) is 2. The van der Waals surface area contributed by atoms with E-state index < -0.39 is 11.2 Å². The molecule has 2 N–H and O–H groups in total. The monoisotopic (exact) mass is 493 g/mol. The van der Waals surface area contributed by atoms with Gasteiger partial charge in [0.05, 0.1) is 17.8 Å². The first-order valence-electron chi connectivity index (χ1n) is 10.4. The minimum atomic E-state index is -1.05. The first kappa shape index (κ1) is 23.5. The summed E-state index contributed by atoms with van der Waals surface area (Å²) in [5, 5.41) is 12.1. The number of carbonyl (C=O) groups is 3. The molecule has 1 fully saturated rings. The van der Waals surface area contributed by atoms with E-state index in [0.29, 0.717) is 28.1 Å². The zero-order chi connectivity index (χ0) is 24.1. The van der Waals surface area contributed by atoms with Gasteiger partial charge in [0.1, 0.15) is 5.25 Å². The van der Waals surface area contributed by atoms with Crippen LogP contribution < -0.4 is 5.32 Å². The van der Waals surface area contributed by atoms with Gasteiger partial charge < -0.3 is 10.4 Å². The highest BCUT2D eigenvalue weighted by Crippen LogP contribution is 2.31. The van der Waals surface area contributed by atoms with E-state index in [0.717, 1.165) is 5.56 Å². The number of rotatable bonds is 6. The Hall–Kier alpha value is -3.62. The van der Waals surface area contributed by atoms with E-state index in [4.69, 9.17) is 16.7 Å². The smallest absolute Gasteiger partial charge is 0.335 e. The van der Waals surface area contributed by atoms with Crippen molar-refractivity contribution in [1.82, 2.24) is 4.90 Å². The Balaban J connectivity index is 1.56. The maximum Gasteiger partial charge on any atom is 0.335 e. The molecule has 1 heterocycles. The number of aromatic carboxylic acids is 1. The number of carbonyl (C=O) groups excluding carboxylic acids is 2. The Kier molecular flexibility index (Phi) is 7.30. The molecular formula is C25H20ClN3O4S. The maximum absolute atomic E-state index is 13.1. The van der Waals surface area contributed by atoms with Crippen LogP contribution in [-0.4, -0.2) is 38.2 Å². The van der Waals surface area contributed by atoms with Crippen LogP contribution in [0.3, 0.4) is 0 Å². The molecule has 1 aliphatic rings. The van der Waals surface area contributed by atoms with E-state index in [9.17, 15) is 14.4 Å². The van der Waals surface area contributed by atoms with Crippen LogP contribution >= 0.6 is 23.4 Å². The van der Waals surface area contributed by atoms with Crippen molar-refractivity contribution >= 4 is 57.7 Å². The van der Waals surface area contributed by atoms with Crippen LogP contribution in [0.4, 0.5) is 11.4 Å². The van der Waals surface area contributed by atoms with Gasteiger partial charge in [-0.1, -0.05) is 53.7 Å². The largest absolute Gasteiger partial charge is 0.478 e. The number of nitrogens with one attached hydrogen (secondary N) is 1. The minimum absolute atomic E-state index is 0.0101. The summed E-state index contributed by atoms with van der Waals surface area (Å²) < 4.78 is 0. The van der Waals surface area contributed by atoms with E-state index in [1.165, 1.54) is 36.0 Å². The fourth-order valence-corrected chi connectivity index (χ4v) is 4.53. The van der Waals surface area contributed by atoms with Crippen molar-refractivity contribution in [3.8, 4) is 0 Å². The van der Waals surface area contributed by atoms with Crippen molar-refractivity contribution in [2.45, 2.75) is 18.2 Å². The predicted molar refractivity (Wildman–Crippen MR) is 134 cm³/mol. The molecule has 2 amide bonds. The predicted octanol–water partition coefficient (Wildman–Crippen LogP) is 5.20. The lowest BCUT2D eigenvalue weighted by molar-refractivity contribution is -0.129. The second-order valence-electron chi connectivity index (χ2n) is 7.52. The second-order valence-corrected chi connectivity index (χ2v) is 9.12. The van der Waals surface area contributed by atoms with Gasteiger partial charge in [0.15, 0.2) is 5.17 Å². The van der Waals surface area contributed by atoms with Crippen LogP contribution in [0.25, 0.3) is 0 Å². The first-order valence-corrected chi connectivity index (χ1v) is 11.6. The third-order valence-electron chi connectivity index (χ3n) is 5.07. The van der Waals surface area contributed by atoms with Crippen molar-refractivity contribution in [2.24, 2.45) is 4.99 Å². The van der Waals surface area contributed by atoms with Crippen LogP contribution in [0, 0.1) is 0 Å². The Bertz CT molecular complexity index is 1230. The molecule has 1 aliphatic heterocycles. The summed E-state index contributed by atoms with van der Waals surface area (Å²) in [6.07, 6.45) is 0.0101. The van der Waals surface area contributed by atoms with Crippen LogP contribution in [0.1, 0.15) is 22.3 Å². The highest BCUT2D eigenvalue weighted by atomic mass is 35.5. The molecule has 0 bridgehead atoms. The first-order chi connectivity index (χ1) is 16.4. The molecule has 1 saturated heterocycles. The van der Waals surface area contributed by atoms with Gasteiger partial charge in [-0.3, -0.25) is 14.5 Å². The Morgan fingerprint density at radius 1 is 1.03 bits per heavy atom. The van der Waals surface area contributed by atoms with Crippen LogP contribution in [0.2, 0.25) is 5.02 Å². The summed E-state index contributed by atoms with van der Waals surface area (Å²) in [6.45, 7) is 0.337. The molecule has 0 aliphatic carbocycles. The zero-order valence-electron chi connectivity index (χ0n) is 17.8. The summed E-state index contributed by atoms with van der Waals surface area (Å²) in [4.78, 5) is 43.3. The van der Waals surface area contributed by atoms with Crippen molar-refractivity contribution in [2.75, 3.05) is 5.32 Å². The normalized spacial score (nSPS) is 17.0. The molecule has 4 rings (SSSR count). The number of benzene rings is 3. The molecule has 0 spiro atoms. The third kappa shape index (κ3) is 5.84. The standard InChI is InChI=1S/C25H20ClN3O4S/c26-18-8-12-20(13-9-18)28-25-29(15-16-4-2-1-3-5-16)22(30)14-21(34-25)23(31)27-19-10-6-17(7-11-19)24(32)33/h1-13,21H,14-15H2,(H,27,31)(H,32,33). The fraction of sp³-hybridized carbons (Fsp3) is 0.120. The molecule has 0 aromatic heterocycles. The Labute approximate surface area is 205 Å². The number of hydrogen-bond acceptors (Lipinski definition) is 5. The van der Waals surface area contributed by atoms with Crippen molar-refractivity contribution < 1.29 is 19.5 Å². The molecule has 3 aromatic carbocycles. The third-order valence-corrected chi connectivity index (χ3v) is 6.51. The lowest BCUT2D eigenvalue weighted by Gasteiger charge is -2.32. The summed E-state index contributed by atoms with van der Waals surface area (Å²) in [7, 11) is 0. The molecule has 0 saturated carbocycles. The topological polar surface area (TPSA) is 99.1 Å². The van der Waals surface area contributed by atoms with Crippen LogP contribution in [0.15, 0.2) is 83.9 Å². The van der Waals surface area contributed by atoms with Crippen molar-refractivity contribution in [1.29, 1.82) is 0 Å². The number of aliphatic imine (C=N–C) groups is 1. The van der Waals surface area contributed by atoms with Gasteiger partial charge in [0.25, 0.3) is 0 Å². The molecule has 3 aromatic rings. The lowest BCUT2D eigenvalue weighted by Crippen LogP contribution is -2.44. The maximum atomic E-state index is 13.1. The molecule has 1 unspecified atom stereocenters. The second kappa shape index (κ2) is 10.5. The van der Waals surface area contributed by atoms with E-state index >= 15 is 0 Å². The summed E-state index contributed by atoms with van der Waals surface area (Å²) in [5.74, 6) is -1.62. The molecule has 1 atom stereocenters. The minimum Gasteiger partial charge on any atom is -0.478 e. The molecular weight excluding hydrogens is 474 g/mol. The van der Waals surface area contributed by atoms with Gasteiger partial charge in [-0.25, -0.2) is 9.79 Å². The van der Waals surface area contributed by atoms with Crippen molar-refractivity contribution in [3.05, 3.63) is 95.0 Å². The average molecular weight is 494 g/mol. The lowest BCUT2D eigenvalue weighted by atomic mass is 10.2. The number of carboxylic acids is 1. The number of amidine groups is 1. The van der Waals surface area contributed by atoms with Crippen LogP contribution in [0.5, 0.6) is 0 Å². The van der Waals surface area contributed by atoms with Gasteiger partial charge in [0.2, 0.25) is 11.8 Å². The fourth-order valence-electron chi connectivity index (χ4n) is 3.31. The van der Waals surface area contributed by atoms with Crippen molar-refractivity contribution in [3.63, 3.8) is 0 Å². The molecule has 34 heavy (non-hydrogen) atoms. The highest BCUT2D eigenvalue weighted by Gasteiger charge is 2.36. The van der Waals surface area contributed by atoms with E-state index in [-0.39, 0.29) is 23.8 Å². The zero-order valence-corrected chi connectivity index (χ0v) is 19.4. The van der Waals surface area contributed by atoms with Gasteiger partial charge in [-0.15, -0.1) is 0 Å². The highest BCUT2D eigenvalue weighted by molar-refractivity contribution is 8.15. The SMILES string of the molecule is O=C(O)c1ccc(NC(=O)C2CC(=O)N(Cc3ccccc3)C(=Nc3ccc(Cl)cc3)S2)cc1. The van der Waals surface area contributed by atoms with E-state index in [2.05, 4.69) is 10.3 Å². The van der Waals surface area contributed by atoms with Gasteiger partial charge >= 0.3 is 5.97 Å². The molecule has 9 heteroatoms. The van der Waals surface area contributed by atoms with Gasteiger partial charge in [-0.2, -0.15) is 0 Å². The Morgan fingerprint density at radius 3 is 2.35 bits per heavy atom. The summed E-state index contributed by atoms with van der Waals surface area (Å²) >= 11 is 7.19. The Morgan fingerprint density at radius 2 is 1.71 bits per heavy atom. The number of halogens is 1. The van der Waals surface area contributed by atoms with E-state index in [1.807, 2.05) is 30.3 Å². The van der Waals surface area contributed by atoms with Gasteiger partial charge in [0, 0.05) is 17.1 Å². The number of thioether (sulfide) groups is 1. The quantitative estimate of drug-likeness (QED) is 0.491. The summed E-state index contributed by atoms with van der Waals surface area (Å²) in [6, 6.07) is 22.3. The van der Waals surface area contributed by atoms with Crippen LogP contribution in [-0.2, 0) is 16.1 Å². The molecule has 7 nitrogen and oxygen atoms in total. The molecule has 172 valence electrons. The number of hydrogen-bond donors (Lipinski definition) is 2. The van der Waals surface area contributed by atoms with Gasteiger partial charge in [-0.05, 0) is 54.1 Å². The molecule has 0 radical (unpaired) electrons. The summed E-state index contributed by atoms with van der Waals surface area (Å²) in [5.41, 5.74) is 2.13. The number of amides is 2. The van der Waals surface area contributed by atoms with E-state index in [1.54, 1.807) is 29.2 Å².